The lowest BCUT2D eigenvalue weighted by molar-refractivity contribution is 0.247. The average molecular weight is 270 g/mol. The molecule has 18 heavy (non-hydrogen) atoms. The van der Waals surface area contributed by atoms with Crippen molar-refractivity contribution in [3.05, 3.63) is 23.5 Å². The van der Waals surface area contributed by atoms with Gasteiger partial charge in [-0.15, -0.1) is 0 Å². The van der Waals surface area contributed by atoms with Crippen LogP contribution in [0.5, 0.6) is 5.75 Å². The lowest BCUT2D eigenvalue weighted by Gasteiger charge is -2.22. The first-order chi connectivity index (χ1) is 8.37. The van der Waals surface area contributed by atoms with Crippen LogP contribution in [-0.2, 0) is 16.4 Å². The van der Waals surface area contributed by atoms with Crippen molar-refractivity contribution in [1.29, 1.82) is 0 Å². The Morgan fingerprint density at radius 1 is 1.50 bits per heavy atom. The van der Waals surface area contributed by atoms with Gasteiger partial charge >= 0.3 is 0 Å². The highest BCUT2D eigenvalue weighted by molar-refractivity contribution is 7.91. The van der Waals surface area contributed by atoms with Crippen molar-refractivity contribution < 1.29 is 13.5 Å². The van der Waals surface area contributed by atoms with E-state index in [1.807, 2.05) is 18.9 Å². The molecule has 2 heterocycles. The van der Waals surface area contributed by atoms with Crippen LogP contribution in [0, 0.1) is 6.92 Å². The maximum atomic E-state index is 11.4. The number of nitrogens with zero attached hydrogens (tertiary/aromatic N) is 2. The summed E-state index contributed by atoms with van der Waals surface area (Å²) in [7, 11) is -1.01. The summed E-state index contributed by atoms with van der Waals surface area (Å²) in [6.45, 7) is 2.33. The molecule has 1 aliphatic heterocycles. The van der Waals surface area contributed by atoms with Crippen LogP contribution in [0.2, 0.25) is 0 Å². The summed E-state index contributed by atoms with van der Waals surface area (Å²) in [6.07, 6.45) is 0.658. The van der Waals surface area contributed by atoms with Crippen LogP contribution in [0.15, 0.2) is 12.1 Å². The third-order valence-electron chi connectivity index (χ3n) is 3.32. The fraction of sp³-hybridized carbons (Fsp3) is 0.583. The molecule has 1 atom stereocenters. The standard InChI is InChI=1S/C12H18N2O3S/c1-9-3-4-12(15)11(13-9)7-14(2)10-5-6-18(16,17)8-10/h3-4,10,15H,5-8H2,1-2H3. The Bertz CT molecular complexity index is 542. The van der Waals surface area contributed by atoms with E-state index >= 15 is 0 Å². The van der Waals surface area contributed by atoms with E-state index in [1.165, 1.54) is 0 Å². The zero-order valence-electron chi connectivity index (χ0n) is 10.6. The topological polar surface area (TPSA) is 70.5 Å². The van der Waals surface area contributed by atoms with Gasteiger partial charge in [0.05, 0.1) is 17.2 Å². The third-order valence-corrected chi connectivity index (χ3v) is 5.07. The van der Waals surface area contributed by atoms with Gasteiger partial charge in [0, 0.05) is 18.3 Å². The Kier molecular flexibility index (Phi) is 3.59. The number of aromatic nitrogens is 1. The van der Waals surface area contributed by atoms with Gasteiger partial charge in [-0.3, -0.25) is 9.88 Å². The van der Waals surface area contributed by atoms with Crippen LogP contribution in [0.4, 0.5) is 0 Å². The van der Waals surface area contributed by atoms with Gasteiger partial charge in [0.2, 0.25) is 0 Å². The zero-order valence-corrected chi connectivity index (χ0v) is 11.4. The van der Waals surface area contributed by atoms with Gasteiger partial charge < -0.3 is 5.11 Å². The van der Waals surface area contributed by atoms with Gasteiger partial charge in [-0.25, -0.2) is 8.42 Å². The number of aryl methyl sites for hydroxylation is 1. The van der Waals surface area contributed by atoms with Crippen LogP contribution in [0.3, 0.4) is 0 Å². The molecule has 1 aromatic heterocycles. The molecule has 0 aliphatic carbocycles. The van der Waals surface area contributed by atoms with E-state index in [1.54, 1.807) is 12.1 Å². The molecule has 1 aromatic rings. The smallest absolute Gasteiger partial charge is 0.151 e. The lowest BCUT2D eigenvalue weighted by Crippen LogP contribution is -2.32. The van der Waals surface area contributed by atoms with Gasteiger partial charge in [0.15, 0.2) is 9.84 Å². The molecule has 5 nitrogen and oxygen atoms in total. The predicted octanol–water partition coefficient (Wildman–Crippen LogP) is 0.715. The Morgan fingerprint density at radius 2 is 2.22 bits per heavy atom. The normalized spacial score (nSPS) is 22.5. The SMILES string of the molecule is Cc1ccc(O)c(CN(C)C2CCS(=O)(=O)C2)n1. The summed E-state index contributed by atoms with van der Waals surface area (Å²) in [5.41, 5.74) is 1.44. The van der Waals surface area contributed by atoms with E-state index in [0.717, 1.165) is 5.69 Å². The lowest BCUT2D eigenvalue weighted by atomic mass is 10.2. The predicted molar refractivity (Wildman–Crippen MR) is 69.2 cm³/mol. The fourth-order valence-corrected chi connectivity index (χ4v) is 4.01. The quantitative estimate of drug-likeness (QED) is 0.876. The molecule has 1 fully saturated rings. The molecule has 0 aromatic carbocycles. The molecule has 0 spiro atoms. The Balaban J connectivity index is 2.08. The number of aromatic hydroxyl groups is 1. The highest BCUT2D eigenvalue weighted by atomic mass is 32.2. The zero-order chi connectivity index (χ0) is 13.3. The van der Waals surface area contributed by atoms with Crippen molar-refractivity contribution in [1.82, 2.24) is 9.88 Å². The van der Waals surface area contributed by atoms with Gasteiger partial charge in [0.25, 0.3) is 0 Å². The van der Waals surface area contributed by atoms with E-state index in [9.17, 15) is 13.5 Å². The number of hydrogen-bond donors (Lipinski definition) is 1. The summed E-state index contributed by atoms with van der Waals surface area (Å²) < 4.78 is 22.9. The monoisotopic (exact) mass is 270 g/mol. The first-order valence-electron chi connectivity index (χ1n) is 5.93. The number of pyridine rings is 1. The Hall–Kier alpha value is -1.14. The molecule has 1 N–H and O–H groups in total. The minimum atomic E-state index is -2.88. The Morgan fingerprint density at radius 3 is 2.83 bits per heavy atom. The van der Waals surface area contributed by atoms with Gasteiger partial charge in [-0.2, -0.15) is 0 Å². The van der Waals surface area contributed by atoms with E-state index in [-0.39, 0.29) is 23.3 Å². The van der Waals surface area contributed by atoms with Crippen LogP contribution >= 0.6 is 0 Å². The maximum Gasteiger partial charge on any atom is 0.151 e. The third kappa shape index (κ3) is 3.00. The molecule has 0 bridgehead atoms. The first kappa shape index (κ1) is 13.3. The molecule has 1 unspecified atom stereocenters. The fourth-order valence-electron chi connectivity index (χ4n) is 2.21. The molecule has 0 saturated carbocycles. The van der Waals surface area contributed by atoms with Crippen molar-refractivity contribution in [2.75, 3.05) is 18.6 Å². The molecule has 1 aliphatic rings. The molecule has 1 saturated heterocycles. The first-order valence-corrected chi connectivity index (χ1v) is 7.76. The second-order valence-electron chi connectivity index (χ2n) is 4.89. The highest BCUT2D eigenvalue weighted by Gasteiger charge is 2.30. The Labute approximate surface area is 107 Å². The van der Waals surface area contributed by atoms with Crippen molar-refractivity contribution in [2.24, 2.45) is 0 Å². The van der Waals surface area contributed by atoms with Crippen LogP contribution in [-0.4, -0.2) is 48.0 Å². The second kappa shape index (κ2) is 4.85. The summed E-state index contributed by atoms with van der Waals surface area (Å²) in [6, 6.07) is 3.40. The molecule has 0 radical (unpaired) electrons. The molecule has 2 rings (SSSR count). The molecule has 100 valence electrons. The maximum absolute atomic E-state index is 11.4. The van der Waals surface area contributed by atoms with E-state index < -0.39 is 9.84 Å². The minimum absolute atomic E-state index is 0.0247. The van der Waals surface area contributed by atoms with E-state index in [0.29, 0.717) is 18.7 Å². The van der Waals surface area contributed by atoms with E-state index in [2.05, 4.69) is 4.98 Å². The number of rotatable bonds is 3. The van der Waals surface area contributed by atoms with Crippen molar-refractivity contribution in [3.8, 4) is 5.75 Å². The summed E-state index contributed by atoms with van der Waals surface area (Å²) >= 11 is 0. The summed E-state index contributed by atoms with van der Waals surface area (Å²) in [4.78, 5) is 6.23. The van der Waals surface area contributed by atoms with Crippen molar-refractivity contribution in [3.63, 3.8) is 0 Å². The molecule has 0 amide bonds. The summed E-state index contributed by atoms with van der Waals surface area (Å²) in [5, 5.41) is 9.72. The van der Waals surface area contributed by atoms with Crippen LogP contribution in [0.25, 0.3) is 0 Å². The van der Waals surface area contributed by atoms with E-state index in [4.69, 9.17) is 0 Å². The van der Waals surface area contributed by atoms with Crippen LogP contribution < -0.4 is 0 Å². The van der Waals surface area contributed by atoms with Gasteiger partial charge in [-0.1, -0.05) is 0 Å². The van der Waals surface area contributed by atoms with Gasteiger partial charge in [0.1, 0.15) is 5.75 Å². The molecular formula is C12H18N2O3S. The highest BCUT2D eigenvalue weighted by Crippen LogP contribution is 2.21. The molecular weight excluding hydrogens is 252 g/mol. The largest absolute Gasteiger partial charge is 0.506 e. The second-order valence-corrected chi connectivity index (χ2v) is 7.12. The molecule has 6 heteroatoms. The minimum Gasteiger partial charge on any atom is -0.506 e. The number of sulfone groups is 1. The van der Waals surface area contributed by atoms with Crippen LogP contribution in [0.1, 0.15) is 17.8 Å². The average Bonchev–Trinajstić information content (AvgIpc) is 2.64. The summed E-state index contributed by atoms with van der Waals surface area (Å²) in [5.74, 6) is 0.624. The van der Waals surface area contributed by atoms with Crippen molar-refractivity contribution in [2.45, 2.75) is 25.9 Å². The van der Waals surface area contributed by atoms with Crippen molar-refractivity contribution >= 4 is 9.84 Å². The van der Waals surface area contributed by atoms with Gasteiger partial charge in [-0.05, 0) is 32.5 Å². The number of hydrogen-bond acceptors (Lipinski definition) is 5.